The summed E-state index contributed by atoms with van der Waals surface area (Å²) in [6, 6.07) is 21.5. The van der Waals surface area contributed by atoms with Gasteiger partial charge in [-0.3, -0.25) is 4.79 Å². The van der Waals surface area contributed by atoms with Gasteiger partial charge in [0.2, 0.25) is 11.8 Å². The number of amides is 1. The van der Waals surface area contributed by atoms with Crippen molar-refractivity contribution in [1.82, 2.24) is 9.78 Å². The second-order valence-electron chi connectivity index (χ2n) is 8.09. The maximum atomic E-state index is 13.5. The first-order chi connectivity index (χ1) is 15.9. The molecule has 4 rings (SSSR count). The van der Waals surface area contributed by atoms with Crippen molar-refractivity contribution >= 4 is 11.6 Å². The molecule has 0 spiro atoms. The minimum atomic E-state index is -0.322. The Morgan fingerprint density at radius 3 is 2.39 bits per heavy atom. The highest BCUT2D eigenvalue weighted by Crippen LogP contribution is 2.32. The Kier molecular flexibility index (Phi) is 6.54. The van der Waals surface area contributed by atoms with Crippen LogP contribution in [-0.4, -0.2) is 15.7 Å². The standard InChI is InChI=1S/C27H26FN3O2/c1-18-7-11-22(12-8-18)29-26(32)16-15-25-20(3)30-31(23-13-9-21(28)10-14-23)27(25)33-24-6-4-5-19(2)17-24/h4-14,17H,15-16H2,1-3H3,(H,29,32). The van der Waals surface area contributed by atoms with Gasteiger partial charge in [-0.25, -0.2) is 9.07 Å². The minimum absolute atomic E-state index is 0.0886. The molecular formula is C27H26FN3O2. The van der Waals surface area contributed by atoms with E-state index in [9.17, 15) is 9.18 Å². The summed E-state index contributed by atoms with van der Waals surface area (Å²) in [7, 11) is 0. The van der Waals surface area contributed by atoms with Crippen molar-refractivity contribution in [3.8, 4) is 17.3 Å². The van der Waals surface area contributed by atoms with Crippen LogP contribution in [0.3, 0.4) is 0 Å². The van der Waals surface area contributed by atoms with Gasteiger partial charge in [-0.2, -0.15) is 5.10 Å². The summed E-state index contributed by atoms with van der Waals surface area (Å²) in [5.74, 6) is 0.780. The van der Waals surface area contributed by atoms with Gasteiger partial charge in [-0.05, 0) is 81.3 Å². The molecule has 5 nitrogen and oxygen atoms in total. The molecule has 0 aliphatic heterocycles. The van der Waals surface area contributed by atoms with Crippen LogP contribution in [0.1, 0.15) is 28.8 Å². The van der Waals surface area contributed by atoms with Gasteiger partial charge in [0, 0.05) is 17.7 Å². The molecule has 3 aromatic carbocycles. The maximum Gasteiger partial charge on any atom is 0.226 e. The molecule has 0 fully saturated rings. The van der Waals surface area contributed by atoms with Crippen LogP contribution in [0.2, 0.25) is 0 Å². The Labute approximate surface area is 192 Å². The van der Waals surface area contributed by atoms with E-state index in [1.807, 2.05) is 69.3 Å². The lowest BCUT2D eigenvalue weighted by atomic mass is 10.1. The number of anilines is 1. The highest BCUT2D eigenvalue weighted by Gasteiger charge is 2.20. The quantitative estimate of drug-likeness (QED) is 0.365. The lowest BCUT2D eigenvalue weighted by Crippen LogP contribution is -2.12. The van der Waals surface area contributed by atoms with Gasteiger partial charge in [0.25, 0.3) is 0 Å². The predicted octanol–water partition coefficient (Wildman–Crippen LogP) is 6.30. The summed E-state index contributed by atoms with van der Waals surface area (Å²) in [6.07, 6.45) is 0.722. The first-order valence-corrected chi connectivity index (χ1v) is 10.8. The van der Waals surface area contributed by atoms with E-state index in [0.717, 1.165) is 28.1 Å². The van der Waals surface area contributed by atoms with Gasteiger partial charge in [0.15, 0.2) is 0 Å². The van der Waals surface area contributed by atoms with Crippen LogP contribution in [-0.2, 0) is 11.2 Å². The number of nitrogens with one attached hydrogen (secondary N) is 1. The van der Waals surface area contributed by atoms with Crippen LogP contribution in [0.4, 0.5) is 10.1 Å². The van der Waals surface area contributed by atoms with Crippen LogP contribution < -0.4 is 10.1 Å². The molecule has 1 aromatic heterocycles. The third-order valence-electron chi connectivity index (χ3n) is 5.35. The second-order valence-corrected chi connectivity index (χ2v) is 8.09. The molecule has 0 bridgehead atoms. The molecule has 0 radical (unpaired) electrons. The van der Waals surface area contributed by atoms with Gasteiger partial charge in [-0.1, -0.05) is 29.8 Å². The van der Waals surface area contributed by atoms with Crippen molar-refractivity contribution in [3.05, 3.63) is 101 Å². The average molecular weight is 444 g/mol. The topological polar surface area (TPSA) is 56.2 Å². The average Bonchev–Trinajstić information content (AvgIpc) is 3.09. The SMILES string of the molecule is Cc1ccc(NC(=O)CCc2c(C)nn(-c3ccc(F)cc3)c2Oc2cccc(C)c2)cc1. The molecule has 0 saturated heterocycles. The first kappa shape index (κ1) is 22.3. The lowest BCUT2D eigenvalue weighted by molar-refractivity contribution is -0.116. The summed E-state index contributed by atoms with van der Waals surface area (Å²) in [5.41, 5.74) is 5.23. The van der Waals surface area contributed by atoms with E-state index in [-0.39, 0.29) is 18.1 Å². The summed E-state index contributed by atoms with van der Waals surface area (Å²) in [4.78, 5) is 12.6. The molecule has 0 aliphatic rings. The number of ether oxygens (including phenoxy) is 1. The third kappa shape index (κ3) is 5.47. The fraction of sp³-hybridized carbons (Fsp3) is 0.185. The molecule has 168 valence electrons. The summed E-state index contributed by atoms with van der Waals surface area (Å²) in [5, 5.41) is 7.57. The van der Waals surface area contributed by atoms with Crippen molar-refractivity contribution in [3.63, 3.8) is 0 Å². The molecule has 0 saturated carbocycles. The number of carbonyl (C=O) groups excluding carboxylic acids is 1. The fourth-order valence-corrected chi connectivity index (χ4v) is 3.58. The zero-order chi connectivity index (χ0) is 23.4. The van der Waals surface area contributed by atoms with Crippen molar-refractivity contribution in [2.75, 3.05) is 5.32 Å². The molecule has 6 heteroatoms. The van der Waals surface area contributed by atoms with E-state index in [0.29, 0.717) is 23.7 Å². The van der Waals surface area contributed by atoms with E-state index in [1.165, 1.54) is 12.1 Å². The molecule has 4 aromatic rings. The number of rotatable bonds is 7. The van der Waals surface area contributed by atoms with Gasteiger partial charge < -0.3 is 10.1 Å². The van der Waals surface area contributed by atoms with E-state index >= 15 is 0 Å². The second kappa shape index (κ2) is 9.69. The Morgan fingerprint density at radius 2 is 1.70 bits per heavy atom. The molecular weight excluding hydrogens is 417 g/mol. The number of halogens is 1. The maximum absolute atomic E-state index is 13.5. The predicted molar refractivity (Wildman–Crippen MR) is 128 cm³/mol. The van der Waals surface area contributed by atoms with Gasteiger partial charge in [0.05, 0.1) is 11.4 Å². The Morgan fingerprint density at radius 1 is 0.970 bits per heavy atom. The van der Waals surface area contributed by atoms with Crippen molar-refractivity contribution < 1.29 is 13.9 Å². The first-order valence-electron chi connectivity index (χ1n) is 10.8. The van der Waals surface area contributed by atoms with Crippen LogP contribution in [0, 0.1) is 26.6 Å². The Balaban J connectivity index is 1.61. The highest BCUT2D eigenvalue weighted by molar-refractivity contribution is 5.90. The third-order valence-corrected chi connectivity index (χ3v) is 5.35. The minimum Gasteiger partial charge on any atom is -0.439 e. The summed E-state index contributed by atoms with van der Waals surface area (Å²) < 4.78 is 21.4. The van der Waals surface area contributed by atoms with Gasteiger partial charge >= 0.3 is 0 Å². The Bertz CT molecular complexity index is 1260. The molecule has 1 heterocycles. The molecule has 0 unspecified atom stereocenters. The molecule has 1 amide bonds. The van der Waals surface area contributed by atoms with Crippen LogP contribution in [0.15, 0.2) is 72.8 Å². The highest BCUT2D eigenvalue weighted by atomic mass is 19.1. The van der Waals surface area contributed by atoms with Crippen LogP contribution in [0.5, 0.6) is 11.6 Å². The van der Waals surface area contributed by atoms with Crippen molar-refractivity contribution in [1.29, 1.82) is 0 Å². The lowest BCUT2D eigenvalue weighted by Gasteiger charge is -2.12. The van der Waals surface area contributed by atoms with E-state index in [1.54, 1.807) is 16.8 Å². The van der Waals surface area contributed by atoms with Crippen molar-refractivity contribution in [2.45, 2.75) is 33.6 Å². The normalized spacial score (nSPS) is 10.8. The number of hydrogen-bond acceptors (Lipinski definition) is 3. The Hall–Kier alpha value is -3.93. The van der Waals surface area contributed by atoms with E-state index in [2.05, 4.69) is 10.4 Å². The number of aromatic nitrogens is 2. The zero-order valence-corrected chi connectivity index (χ0v) is 18.9. The van der Waals surface area contributed by atoms with Crippen LogP contribution in [0.25, 0.3) is 5.69 Å². The molecule has 0 aliphatic carbocycles. The van der Waals surface area contributed by atoms with E-state index in [4.69, 9.17) is 4.74 Å². The monoisotopic (exact) mass is 443 g/mol. The summed E-state index contributed by atoms with van der Waals surface area (Å²) in [6.45, 7) is 5.88. The summed E-state index contributed by atoms with van der Waals surface area (Å²) >= 11 is 0. The number of hydrogen-bond donors (Lipinski definition) is 1. The fourth-order valence-electron chi connectivity index (χ4n) is 3.58. The number of nitrogens with zero attached hydrogens (tertiary/aromatic N) is 2. The van der Waals surface area contributed by atoms with Crippen LogP contribution >= 0.6 is 0 Å². The van der Waals surface area contributed by atoms with Gasteiger partial charge in [0.1, 0.15) is 11.6 Å². The largest absolute Gasteiger partial charge is 0.439 e. The number of carbonyl (C=O) groups is 1. The van der Waals surface area contributed by atoms with E-state index < -0.39 is 0 Å². The molecule has 1 N–H and O–H groups in total. The zero-order valence-electron chi connectivity index (χ0n) is 18.9. The van der Waals surface area contributed by atoms with Crippen molar-refractivity contribution in [2.24, 2.45) is 0 Å². The smallest absolute Gasteiger partial charge is 0.226 e. The molecule has 33 heavy (non-hydrogen) atoms. The molecule has 0 atom stereocenters. The number of benzene rings is 3. The number of aryl methyl sites for hydroxylation is 3. The van der Waals surface area contributed by atoms with Gasteiger partial charge in [-0.15, -0.1) is 0 Å².